The third kappa shape index (κ3) is 5.12. The van der Waals surface area contributed by atoms with Crippen LogP contribution in [0.2, 0.25) is 0 Å². The molecule has 3 aromatic rings. The summed E-state index contributed by atoms with van der Waals surface area (Å²) in [7, 11) is 0. The number of carbonyl (C=O) groups excluding carboxylic acids is 1. The van der Waals surface area contributed by atoms with Gasteiger partial charge in [-0.25, -0.2) is 4.39 Å². The van der Waals surface area contributed by atoms with Crippen molar-refractivity contribution in [2.45, 2.75) is 43.7 Å². The number of hydrogen-bond donors (Lipinski definition) is 0. The standard InChI is InChI=1S/C24H27FN4O2S/c1-17-12-14-28(15-13-17)23(30)18(2)32-24-27-26-22(29(24)19-8-4-3-5-9-19)16-31-21-11-7-6-10-20(21)25/h3-11,17-18H,12-16H2,1-2H3/t18-/m1/s1. The largest absolute Gasteiger partial charge is 0.483 e. The molecule has 1 fully saturated rings. The van der Waals surface area contributed by atoms with Crippen molar-refractivity contribution < 1.29 is 13.9 Å². The van der Waals surface area contributed by atoms with E-state index in [-0.39, 0.29) is 23.5 Å². The van der Waals surface area contributed by atoms with Gasteiger partial charge in [0.2, 0.25) is 5.91 Å². The van der Waals surface area contributed by atoms with Crippen molar-refractivity contribution in [1.82, 2.24) is 19.7 Å². The SMILES string of the molecule is CC1CCN(C(=O)[C@@H](C)Sc2nnc(COc3ccccc3F)n2-c2ccccc2)CC1. The van der Waals surface area contributed by atoms with E-state index in [1.165, 1.54) is 17.8 Å². The first-order chi connectivity index (χ1) is 15.5. The predicted octanol–water partition coefficient (Wildman–Crippen LogP) is 4.72. The molecule has 0 N–H and O–H groups in total. The van der Waals surface area contributed by atoms with E-state index in [1.807, 2.05) is 46.7 Å². The summed E-state index contributed by atoms with van der Waals surface area (Å²) >= 11 is 1.38. The molecule has 0 bridgehead atoms. The summed E-state index contributed by atoms with van der Waals surface area (Å²) in [6.07, 6.45) is 2.09. The molecule has 32 heavy (non-hydrogen) atoms. The number of likely N-dealkylation sites (tertiary alicyclic amines) is 1. The van der Waals surface area contributed by atoms with Crippen LogP contribution in [0.4, 0.5) is 4.39 Å². The molecule has 1 saturated heterocycles. The molecule has 0 aliphatic carbocycles. The Hall–Kier alpha value is -2.87. The number of piperidine rings is 1. The Morgan fingerprint density at radius 2 is 1.81 bits per heavy atom. The Morgan fingerprint density at radius 1 is 1.12 bits per heavy atom. The van der Waals surface area contributed by atoms with Gasteiger partial charge in [-0.1, -0.05) is 49.0 Å². The second-order valence-electron chi connectivity index (χ2n) is 8.06. The van der Waals surface area contributed by atoms with E-state index in [4.69, 9.17) is 4.74 Å². The molecule has 168 valence electrons. The van der Waals surface area contributed by atoms with Gasteiger partial charge in [-0.05, 0) is 49.9 Å². The lowest BCUT2D eigenvalue weighted by Crippen LogP contribution is -2.41. The molecular weight excluding hydrogens is 427 g/mol. The second-order valence-corrected chi connectivity index (χ2v) is 9.36. The lowest BCUT2D eigenvalue weighted by atomic mass is 9.99. The van der Waals surface area contributed by atoms with Crippen LogP contribution in [0.15, 0.2) is 59.8 Å². The molecule has 1 amide bonds. The van der Waals surface area contributed by atoms with E-state index in [0.29, 0.717) is 16.9 Å². The molecule has 0 radical (unpaired) electrons. The molecule has 1 aliphatic heterocycles. The first-order valence-corrected chi connectivity index (χ1v) is 11.7. The quantitative estimate of drug-likeness (QED) is 0.483. The number of ether oxygens (including phenoxy) is 1. The lowest BCUT2D eigenvalue weighted by Gasteiger charge is -2.32. The molecule has 0 spiro atoms. The fourth-order valence-corrected chi connectivity index (χ4v) is 4.68. The fraction of sp³-hybridized carbons (Fsp3) is 0.375. The van der Waals surface area contributed by atoms with Crippen molar-refractivity contribution in [2.75, 3.05) is 13.1 Å². The van der Waals surface area contributed by atoms with Crippen molar-refractivity contribution in [3.05, 3.63) is 66.2 Å². The van der Waals surface area contributed by atoms with E-state index >= 15 is 0 Å². The highest BCUT2D eigenvalue weighted by molar-refractivity contribution is 8.00. The number of aromatic nitrogens is 3. The molecule has 0 unspecified atom stereocenters. The summed E-state index contributed by atoms with van der Waals surface area (Å²) in [5.74, 6) is 1.05. The zero-order chi connectivity index (χ0) is 22.5. The smallest absolute Gasteiger partial charge is 0.235 e. The monoisotopic (exact) mass is 454 g/mol. The molecule has 2 aromatic carbocycles. The van der Waals surface area contributed by atoms with E-state index in [1.54, 1.807) is 18.2 Å². The van der Waals surface area contributed by atoms with Crippen LogP contribution < -0.4 is 4.74 Å². The summed E-state index contributed by atoms with van der Waals surface area (Å²) in [6.45, 7) is 5.80. The summed E-state index contributed by atoms with van der Waals surface area (Å²) in [5, 5.41) is 8.94. The highest BCUT2D eigenvalue weighted by Crippen LogP contribution is 2.28. The first-order valence-electron chi connectivity index (χ1n) is 10.9. The van der Waals surface area contributed by atoms with E-state index in [0.717, 1.165) is 31.6 Å². The zero-order valence-electron chi connectivity index (χ0n) is 18.3. The van der Waals surface area contributed by atoms with Gasteiger partial charge in [0.25, 0.3) is 0 Å². The Bertz CT molecular complexity index is 1050. The molecule has 4 rings (SSSR count). The number of rotatable bonds is 7. The van der Waals surface area contributed by atoms with Crippen LogP contribution in [0, 0.1) is 11.7 Å². The summed E-state index contributed by atoms with van der Waals surface area (Å²) in [4.78, 5) is 14.9. The van der Waals surface area contributed by atoms with Gasteiger partial charge in [-0.2, -0.15) is 0 Å². The van der Waals surface area contributed by atoms with Crippen molar-refractivity contribution in [1.29, 1.82) is 0 Å². The third-order valence-electron chi connectivity index (χ3n) is 5.63. The van der Waals surface area contributed by atoms with Gasteiger partial charge in [0.05, 0.1) is 5.25 Å². The van der Waals surface area contributed by atoms with Gasteiger partial charge in [-0.3, -0.25) is 9.36 Å². The maximum absolute atomic E-state index is 14.0. The fourth-order valence-electron chi connectivity index (χ4n) is 3.71. The third-order valence-corrected chi connectivity index (χ3v) is 6.66. The van der Waals surface area contributed by atoms with E-state index in [9.17, 15) is 9.18 Å². The molecule has 0 saturated carbocycles. The molecule has 1 atom stereocenters. The molecule has 2 heterocycles. The number of amides is 1. The number of nitrogens with zero attached hydrogens (tertiary/aromatic N) is 4. The number of halogens is 1. The van der Waals surface area contributed by atoms with Crippen molar-refractivity contribution in [3.8, 4) is 11.4 Å². The van der Waals surface area contributed by atoms with E-state index < -0.39 is 5.82 Å². The zero-order valence-corrected chi connectivity index (χ0v) is 19.1. The minimum atomic E-state index is -0.428. The minimum Gasteiger partial charge on any atom is -0.483 e. The van der Waals surface area contributed by atoms with Gasteiger partial charge in [0.1, 0.15) is 6.61 Å². The van der Waals surface area contributed by atoms with Crippen LogP contribution in [0.5, 0.6) is 5.75 Å². The minimum absolute atomic E-state index is 0.0513. The number of benzene rings is 2. The Morgan fingerprint density at radius 3 is 2.53 bits per heavy atom. The second kappa shape index (κ2) is 10.2. The van der Waals surface area contributed by atoms with Crippen molar-refractivity contribution in [2.24, 2.45) is 5.92 Å². The van der Waals surface area contributed by atoms with Gasteiger partial charge in [0.15, 0.2) is 22.5 Å². The molecule has 8 heteroatoms. The van der Waals surface area contributed by atoms with Crippen LogP contribution in [0.25, 0.3) is 5.69 Å². The number of thioether (sulfide) groups is 1. The van der Waals surface area contributed by atoms with Crippen molar-refractivity contribution in [3.63, 3.8) is 0 Å². The van der Waals surface area contributed by atoms with Gasteiger partial charge < -0.3 is 9.64 Å². The van der Waals surface area contributed by atoms with Crippen LogP contribution in [-0.4, -0.2) is 43.9 Å². The number of hydrogen-bond acceptors (Lipinski definition) is 5. The topological polar surface area (TPSA) is 60.3 Å². The summed E-state index contributed by atoms with van der Waals surface area (Å²) in [5.41, 5.74) is 0.860. The first kappa shape index (κ1) is 22.3. The highest BCUT2D eigenvalue weighted by Gasteiger charge is 2.27. The normalized spacial score (nSPS) is 15.5. The van der Waals surface area contributed by atoms with Gasteiger partial charge >= 0.3 is 0 Å². The Balaban J connectivity index is 1.54. The Labute approximate surface area is 191 Å². The molecule has 6 nitrogen and oxygen atoms in total. The molecule has 1 aromatic heterocycles. The summed E-state index contributed by atoms with van der Waals surface area (Å²) < 4.78 is 21.5. The average molecular weight is 455 g/mol. The maximum atomic E-state index is 14.0. The average Bonchev–Trinajstić information content (AvgIpc) is 3.21. The van der Waals surface area contributed by atoms with Gasteiger partial charge in [0, 0.05) is 18.8 Å². The van der Waals surface area contributed by atoms with Crippen LogP contribution in [0.1, 0.15) is 32.5 Å². The summed E-state index contributed by atoms with van der Waals surface area (Å²) in [6, 6.07) is 15.9. The van der Waals surface area contributed by atoms with Crippen LogP contribution >= 0.6 is 11.8 Å². The van der Waals surface area contributed by atoms with Crippen LogP contribution in [-0.2, 0) is 11.4 Å². The lowest BCUT2D eigenvalue weighted by molar-refractivity contribution is -0.131. The van der Waals surface area contributed by atoms with Gasteiger partial charge in [-0.15, -0.1) is 10.2 Å². The molecular formula is C24H27FN4O2S. The highest BCUT2D eigenvalue weighted by atomic mass is 32.2. The predicted molar refractivity (Wildman–Crippen MR) is 122 cm³/mol. The Kier molecular flexibility index (Phi) is 7.09. The maximum Gasteiger partial charge on any atom is 0.235 e. The van der Waals surface area contributed by atoms with Crippen molar-refractivity contribution >= 4 is 17.7 Å². The molecule has 1 aliphatic rings. The van der Waals surface area contributed by atoms with E-state index in [2.05, 4.69) is 17.1 Å². The van der Waals surface area contributed by atoms with Crippen LogP contribution in [0.3, 0.4) is 0 Å². The number of para-hydroxylation sites is 2. The number of carbonyl (C=O) groups is 1.